The predicted molar refractivity (Wildman–Crippen MR) is 74.8 cm³/mol. The Balaban J connectivity index is 2.04. The van der Waals surface area contributed by atoms with Crippen LogP contribution in [0.15, 0.2) is 18.2 Å². The number of non-ortho nitro benzene ring substituents is 1. The Morgan fingerprint density at radius 3 is 2.77 bits per heavy atom. The van der Waals surface area contributed by atoms with E-state index in [4.69, 9.17) is 0 Å². The molecule has 0 spiro atoms. The highest BCUT2D eigenvalue weighted by atomic mass is 16.6. The second kappa shape index (κ2) is 4.97. The number of nitro benzene ring substituents is 1. The molecule has 22 heavy (non-hydrogen) atoms. The number of piperidine rings is 1. The zero-order valence-corrected chi connectivity index (χ0v) is 11.8. The molecule has 1 aliphatic carbocycles. The quantitative estimate of drug-likeness (QED) is 0.507. The maximum absolute atomic E-state index is 11.9. The standard InChI is InChI=1S/C14H14N2O6/c1-22-14(19)10-5-8(16(20)21)2-3-11(10)15-6-7-4-9(7)12(15)13(17)18/h2-3,5,7,9,12H,4,6H2,1H3,(H,17,18)/t7-,9+,12+/m0/s1. The molecule has 0 bridgehead atoms. The highest BCUT2D eigenvalue weighted by Gasteiger charge is 2.56. The number of nitrogens with zero attached hydrogens (tertiary/aromatic N) is 2. The fourth-order valence-electron chi connectivity index (χ4n) is 3.19. The fraction of sp³-hybridized carbons (Fsp3) is 0.429. The molecule has 8 heteroatoms. The first-order chi connectivity index (χ1) is 10.4. The zero-order valence-electron chi connectivity index (χ0n) is 11.8. The van der Waals surface area contributed by atoms with Gasteiger partial charge in [-0.1, -0.05) is 0 Å². The molecule has 1 N–H and O–H groups in total. The summed E-state index contributed by atoms with van der Waals surface area (Å²) in [6.07, 6.45) is 0.869. The van der Waals surface area contributed by atoms with Crippen LogP contribution in [0, 0.1) is 22.0 Å². The minimum atomic E-state index is -0.945. The number of rotatable bonds is 4. The number of ether oxygens (including phenoxy) is 1. The first kappa shape index (κ1) is 14.3. The normalized spacial score (nSPS) is 25.5. The van der Waals surface area contributed by atoms with Gasteiger partial charge >= 0.3 is 11.9 Å². The van der Waals surface area contributed by atoms with E-state index in [2.05, 4.69) is 4.74 Å². The monoisotopic (exact) mass is 306 g/mol. The molecule has 1 heterocycles. The highest BCUT2D eigenvalue weighted by Crippen LogP contribution is 2.51. The lowest BCUT2D eigenvalue weighted by Gasteiger charge is -2.27. The molecule has 1 aromatic rings. The topological polar surface area (TPSA) is 110 Å². The van der Waals surface area contributed by atoms with Crippen LogP contribution in [-0.4, -0.2) is 41.7 Å². The smallest absolute Gasteiger partial charge is 0.340 e. The number of methoxy groups -OCH3 is 1. The zero-order chi connectivity index (χ0) is 16.0. The molecule has 1 saturated heterocycles. The van der Waals surface area contributed by atoms with Crippen molar-refractivity contribution in [3.8, 4) is 0 Å². The van der Waals surface area contributed by atoms with Crippen LogP contribution in [0.2, 0.25) is 0 Å². The molecule has 3 rings (SSSR count). The van der Waals surface area contributed by atoms with Crippen LogP contribution in [-0.2, 0) is 9.53 Å². The Hall–Kier alpha value is -2.64. The van der Waals surface area contributed by atoms with Gasteiger partial charge in [0.1, 0.15) is 6.04 Å². The molecule has 0 radical (unpaired) electrons. The third kappa shape index (κ3) is 2.16. The first-order valence-corrected chi connectivity index (χ1v) is 6.80. The molecule has 1 aliphatic heterocycles. The van der Waals surface area contributed by atoms with Gasteiger partial charge in [-0.05, 0) is 24.3 Å². The van der Waals surface area contributed by atoms with Crippen LogP contribution in [0.4, 0.5) is 11.4 Å². The second-order valence-corrected chi connectivity index (χ2v) is 5.55. The summed E-state index contributed by atoms with van der Waals surface area (Å²) < 4.78 is 4.67. The van der Waals surface area contributed by atoms with Crippen molar-refractivity contribution in [3.05, 3.63) is 33.9 Å². The third-order valence-corrected chi connectivity index (χ3v) is 4.31. The van der Waals surface area contributed by atoms with Crippen LogP contribution < -0.4 is 4.90 Å². The van der Waals surface area contributed by atoms with Gasteiger partial charge in [-0.2, -0.15) is 0 Å². The summed E-state index contributed by atoms with van der Waals surface area (Å²) in [4.78, 5) is 35.3. The lowest BCUT2D eigenvalue weighted by Crippen LogP contribution is -2.40. The van der Waals surface area contributed by atoms with E-state index in [1.165, 1.54) is 19.2 Å². The van der Waals surface area contributed by atoms with Gasteiger partial charge in [0.05, 0.1) is 23.3 Å². The number of benzene rings is 1. The molecule has 0 amide bonds. The third-order valence-electron chi connectivity index (χ3n) is 4.31. The van der Waals surface area contributed by atoms with Crippen molar-refractivity contribution >= 4 is 23.3 Å². The SMILES string of the molecule is COC(=O)c1cc([N+](=O)[O-])ccc1N1C[C@@H]2C[C@H]2[C@@H]1C(=O)O. The summed E-state index contributed by atoms with van der Waals surface area (Å²) in [6, 6.07) is 3.12. The Morgan fingerprint density at radius 2 is 2.18 bits per heavy atom. The van der Waals surface area contributed by atoms with Crippen LogP contribution in [0.25, 0.3) is 0 Å². The number of hydrogen-bond acceptors (Lipinski definition) is 6. The fourth-order valence-corrected chi connectivity index (χ4v) is 3.19. The molecule has 0 unspecified atom stereocenters. The lowest BCUT2D eigenvalue weighted by atomic mass is 10.1. The highest BCUT2D eigenvalue weighted by molar-refractivity contribution is 5.98. The molecule has 1 aromatic carbocycles. The van der Waals surface area contributed by atoms with E-state index >= 15 is 0 Å². The molecular formula is C14H14N2O6. The van der Waals surface area contributed by atoms with Crippen LogP contribution >= 0.6 is 0 Å². The maximum atomic E-state index is 11.9. The summed E-state index contributed by atoms with van der Waals surface area (Å²) in [7, 11) is 1.18. The minimum Gasteiger partial charge on any atom is -0.480 e. The number of aliphatic carboxylic acids is 1. The van der Waals surface area contributed by atoms with Crippen molar-refractivity contribution in [2.24, 2.45) is 11.8 Å². The van der Waals surface area contributed by atoms with E-state index in [-0.39, 0.29) is 17.2 Å². The Morgan fingerprint density at radius 1 is 1.45 bits per heavy atom. The summed E-state index contributed by atoms with van der Waals surface area (Å²) in [6.45, 7) is 0.531. The summed E-state index contributed by atoms with van der Waals surface area (Å²) in [5.41, 5.74) is 0.154. The van der Waals surface area contributed by atoms with Gasteiger partial charge < -0.3 is 14.7 Å². The first-order valence-electron chi connectivity index (χ1n) is 6.80. The van der Waals surface area contributed by atoms with Crippen LogP contribution in [0.3, 0.4) is 0 Å². The number of carbonyl (C=O) groups is 2. The van der Waals surface area contributed by atoms with Crippen molar-refractivity contribution < 1.29 is 24.4 Å². The molecule has 2 fully saturated rings. The van der Waals surface area contributed by atoms with Crippen LogP contribution in [0.5, 0.6) is 0 Å². The Bertz CT molecular complexity index is 673. The molecular weight excluding hydrogens is 292 g/mol. The summed E-state index contributed by atoms with van der Waals surface area (Å²) in [5, 5.41) is 20.3. The number of nitro groups is 1. The summed E-state index contributed by atoms with van der Waals surface area (Å²) >= 11 is 0. The van der Waals surface area contributed by atoms with Gasteiger partial charge in [-0.3, -0.25) is 10.1 Å². The van der Waals surface area contributed by atoms with Gasteiger partial charge in [0.25, 0.3) is 5.69 Å². The van der Waals surface area contributed by atoms with E-state index in [1.54, 1.807) is 4.90 Å². The van der Waals surface area contributed by atoms with Crippen LogP contribution in [0.1, 0.15) is 16.8 Å². The molecule has 116 valence electrons. The van der Waals surface area contributed by atoms with E-state index in [0.717, 1.165) is 12.5 Å². The van der Waals surface area contributed by atoms with Crippen molar-refractivity contribution in [1.29, 1.82) is 0 Å². The predicted octanol–water partition coefficient (Wildman–Crippen LogP) is 1.29. The number of carbonyl (C=O) groups excluding carboxylic acids is 1. The largest absolute Gasteiger partial charge is 0.480 e. The van der Waals surface area contributed by atoms with Crippen molar-refractivity contribution in [2.45, 2.75) is 12.5 Å². The van der Waals surface area contributed by atoms with E-state index in [9.17, 15) is 24.8 Å². The number of esters is 1. The molecule has 3 atom stereocenters. The van der Waals surface area contributed by atoms with E-state index in [0.29, 0.717) is 18.2 Å². The minimum absolute atomic E-state index is 0.0178. The average Bonchev–Trinajstić information content (AvgIpc) is 3.15. The lowest BCUT2D eigenvalue weighted by molar-refractivity contribution is -0.384. The van der Waals surface area contributed by atoms with Crippen molar-refractivity contribution in [2.75, 3.05) is 18.6 Å². The molecule has 2 aliphatic rings. The molecule has 1 saturated carbocycles. The van der Waals surface area contributed by atoms with Gasteiger partial charge in [0.15, 0.2) is 0 Å². The maximum Gasteiger partial charge on any atom is 0.340 e. The number of fused-ring (bicyclic) bond motifs is 1. The Labute approximate surface area is 125 Å². The molecule has 8 nitrogen and oxygen atoms in total. The van der Waals surface area contributed by atoms with E-state index < -0.39 is 22.9 Å². The van der Waals surface area contributed by atoms with Gasteiger partial charge in [0.2, 0.25) is 0 Å². The summed E-state index contributed by atoms with van der Waals surface area (Å²) in [5.74, 6) is -1.28. The van der Waals surface area contributed by atoms with Gasteiger partial charge in [-0.15, -0.1) is 0 Å². The van der Waals surface area contributed by atoms with Crippen molar-refractivity contribution in [1.82, 2.24) is 0 Å². The van der Waals surface area contributed by atoms with Gasteiger partial charge in [0, 0.05) is 18.7 Å². The van der Waals surface area contributed by atoms with E-state index in [1.807, 2.05) is 0 Å². The van der Waals surface area contributed by atoms with Crippen molar-refractivity contribution in [3.63, 3.8) is 0 Å². The number of carboxylic acids is 1. The Kier molecular flexibility index (Phi) is 3.23. The average molecular weight is 306 g/mol. The molecule has 0 aromatic heterocycles. The number of hydrogen-bond donors (Lipinski definition) is 1. The van der Waals surface area contributed by atoms with Gasteiger partial charge in [-0.25, -0.2) is 9.59 Å². The second-order valence-electron chi connectivity index (χ2n) is 5.55. The number of anilines is 1. The number of carboxylic acid groups (broad SMARTS) is 1.